The molecule has 4 heteroatoms. The van der Waals surface area contributed by atoms with Crippen LogP contribution in [0.1, 0.15) is 46.2 Å². The van der Waals surface area contributed by atoms with Crippen LogP contribution in [0.25, 0.3) is 0 Å². The van der Waals surface area contributed by atoms with Crippen LogP contribution >= 0.6 is 0 Å². The lowest BCUT2D eigenvalue weighted by molar-refractivity contribution is 0.361. The number of rotatable bonds is 9. The highest BCUT2D eigenvalue weighted by atomic mass is 14.8. The Hall–Kier alpha value is -5.24. The first kappa shape index (κ1) is 25.8. The van der Waals surface area contributed by atoms with Gasteiger partial charge in [0.15, 0.2) is 5.41 Å². The lowest BCUT2D eigenvalue weighted by Crippen LogP contribution is -2.30. The highest BCUT2D eigenvalue weighted by Gasteiger charge is 2.45. The number of benzene rings is 4. The first-order valence-corrected chi connectivity index (χ1v) is 12.3. The maximum atomic E-state index is 10.5. The Labute approximate surface area is 224 Å². The van der Waals surface area contributed by atoms with Crippen molar-refractivity contribution in [3.63, 3.8) is 0 Å². The fourth-order valence-electron chi connectivity index (χ4n) is 4.75. The molecule has 2 atom stereocenters. The minimum absolute atomic E-state index is 0.174. The summed E-state index contributed by atoms with van der Waals surface area (Å²) in [6.45, 7) is 3.85. The smallest absolute Gasteiger partial charge is 0.156 e. The van der Waals surface area contributed by atoms with Crippen LogP contribution in [0.5, 0.6) is 0 Å². The topological polar surface area (TPSA) is 83.7 Å². The van der Waals surface area contributed by atoms with Gasteiger partial charge in [-0.05, 0) is 29.7 Å². The molecule has 0 saturated carbocycles. The van der Waals surface area contributed by atoms with Gasteiger partial charge in [0, 0.05) is 17.0 Å². The van der Waals surface area contributed by atoms with E-state index in [0.717, 1.165) is 28.0 Å². The van der Waals surface area contributed by atoms with E-state index in [0.29, 0.717) is 5.56 Å². The van der Waals surface area contributed by atoms with Crippen LogP contribution in [-0.4, -0.2) is 5.71 Å². The molecule has 182 valence electrons. The Morgan fingerprint density at radius 3 is 1.66 bits per heavy atom. The van der Waals surface area contributed by atoms with Gasteiger partial charge >= 0.3 is 0 Å². The van der Waals surface area contributed by atoms with Crippen LogP contribution in [0.3, 0.4) is 0 Å². The quantitative estimate of drug-likeness (QED) is 0.179. The van der Waals surface area contributed by atoms with Crippen LogP contribution in [0, 0.1) is 39.4 Å². The summed E-state index contributed by atoms with van der Waals surface area (Å²) in [5.41, 5.74) is 3.34. The molecule has 0 saturated heterocycles. The van der Waals surface area contributed by atoms with Gasteiger partial charge in [-0.2, -0.15) is 15.8 Å². The maximum absolute atomic E-state index is 10.5. The molecule has 0 amide bonds. The molecule has 4 rings (SSSR count). The van der Waals surface area contributed by atoms with Crippen LogP contribution in [0.4, 0.5) is 0 Å². The van der Waals surface area contributed by atoms with Gasteiger partial charge in [-0.25, -0.2) is 0 Å². The van der Waals surface area contributed by atoms with Gasteiger partial charge in [-0.1, -0.05) is 109 Å². The van der Waals surface area contributed by atoms with Crippen molar-refractivity contribution in [1.29, 1.82) is 15.8 Å². The normalized spacial score (nSPS) is 12.1. The molecule has 4 aromatic rings. The van der Waals surface area contributed by atoms with Crippen molar-refractivity contribution in [3.8, 4) is 18.2 Å². The van der Waals surface area contributed by atoms with Crippen molar-refractivity contribution in [2.75, 3.05) is 0 Å². The van der Waals surface area contributed by atoms with Gasteiger partial charge in [0.05, 0.1) is 35.5 Å². The summed E-state index contributed by atoms with van der Waals surface area (Å²) in [6, 6.07) is 42.8. The third kappa shape index (κ3) is 5.44. The summed E-state index contributed by atoms with van der Waals surface area (Å²) in [7, 11) is 0. The molecule has 0 heterocycles. The van der Waals surface area contributed by atoms with E-state index in [2.05, 4.69) is 24.8 Å². The van der Waals surface area contributed by atoms with E-state index in [1.54, 1.807) is 18.2 Å². The van der Waals surface area contributed by atoms with E-state index in [4.69, 9.17) is 4.99 Å². The molecular formula is C34H26N4. The maximum Gasteiger partial charge on any atom is 0.156 e. The van der Waals surface area contributed by atoms with Crippen molar-refractivity contribution in [2.45, 2.75) is 18.4 Å². The summed E-state index contributed by atoms with van der Waals surface area (Å²) in [5, 5.41) is 30.3. The predicted molar refractivity (Wildman–Crippen MR) is 150 cm³/mol. The number of nitriles is 3. The van der Waals surface area contributed by atoms with Gasteiger partial charge in [-0.15, -0.1) is 6.58 Å². The molecule has 38 heavy (non-hydrogen) atoms. The van der Waals surface area contributed by atoms with E-state index in [9.17, 15) is 15.8 Å². The molecule has 4 aromatic carbocycles. The molecule has 0 N–H and O–H groups in total. The first-order chi connectivity index (χ1) is 18.7. The Morgan fingerprint density at radius 1 is 0.711 bits per heavy atom. The zero-order valence-electron chi connectivity index (χ0n) is 20.9. The lowest BCUT2D eigenvalue weighted by atomic mass is 9.67. The largest absolute Gasteiger partial charge is 0.275 e. The summed E-state index contributed by atoms with van der Waals surface area (Å²) < 4.78 is 0. The molecule has 2 unspecified atom stereocenters. The highest BCUT2D eigenvalue weighted by molar-refractivity contribution is 6.13. The van der Waals surface area contributed by atoms with Gasteiger partial charge in [0.25, 0.3) is 0 Å². The van der Waals surface area contributed by atoms with E-state index in [1.165, 1.54) is 0 Å². The van der Waals surface area contributed by atoms with Crippen LogP contribution in [-0.2, 0) is 0 Å². The third-order valence-corrected chi connectivity index (χ3v) is 6.61. The van der Waals surface area contributed by atoms with Gasteiger partial charge in [0.1, 0.15) is 0 Å². The Morgan fingerprint density at radius 2 is 1.21 bits per heavy atom. The minimum Gasteiger partial charge on any atom is -0.275 e. The van der Waals surface area contributed by atoms with Gasteiger partial charge in [0.2, 0.25) is 0 Å². The lowest BCUT2D eigenvalue weighted by Gasteiger charge is -2.34. The number of hydrogen-bond donors (Lipinski definition) is 0. The van der Waals surface area contributed by atoms with E-state index < -0.39 is 17.4 Å². The number of allylic oxidation sites excluding steroid dienone is 1. The zero-order chi connectivity index (χ0) is 26.8. The van der Waals surface area contributed by atoms with Crippen LogP contribution in [0.15, 0.2) is 133 Å². The fraction of sp³-hybridized carbons (Fsp3) is 0.118. The average Bonchev–Trinajstić information content (AvgIpc) is 3.00. The second kappa shape index (κ2) is 12.1. The predicted octanol–water partition coefficient (Wildman–Crippen LogP) is 7.53. The van der Waals surface area contributed by atoms with Crippen LogP contribution < -0.4 is 0 Å². The molecule has 0 bridgehead atoms. The first-order valence-electron chi connectivity index (χ1n) is 12.3. The van der Waals surface area contributed by atoms with Crippen molar-refractivity contribution >= 4 is 5.71 Å². The average molecular weight is 491 g/mol. The second-order valence-electron chi connectivity index (χ2n) is 8.96. The molecular weight excluding hydrogens is 464 g/mol. The number of hydrogen-bond acceptors (Lipinski definition) is 4. The van der Waals surface area contributed by atoms with E-state index in [1.807, 2.05) is 103 Å². The van der Waals surface area contributed by atoms with Crippen molar-refractivity contribution < 1.29 is 0 Å². The second-order valence-corrected chi connectivity index (χ2v) is 8.96. The summed E-state index contributed by atoms with van der Waals surface area (Å²) in [4.78, 5) is 5.36. The molecule has 4 nitrogen and oxygen atoms in total. The van der Waals surface area contributed by atoms with Crippen LogP contribution in [0.2, 0.25) is 0 Å². The molecule has 0 radical (unpaired) electrons. The molecule has 0 spiro atoms. The Bertz CT molecular complexity index is 1460. The Balaban J connectivity index is 2.06. The zero-order valence-corrected chi connectivity index (χ0v) is 20.9. The minimum atomic E-state index is -1.43. The standard InChI is InChI=1S/C34H26N4/c1-2-22-34(24-36,25-37)31(27-12-6-3-7-13-27)33(30-20-18-26(23-35)19-21-30)38-32(28-14-8-4-9-15-28)29-16-10-5-11-17-29/h2-21,31,33H,1,22H2. The van der Waals surface area contributed by atoms with Crippen molar-refractivity contribution in [3.05, 3.63) is 156 Å². The molecule has 0 aliphatic rings. The summed E-state index contributed by atoms with van der Waals surface area (Å²) in [5.74, 6) is -0.618. The monoisotopic (exact) mass is 490 g/mol. The van der Waals surface area contributed by atoms with Crippen molar-refractivity contribution in [1.82, 2.24) is 0 Å². The van der Waals surface area contributed by atoms with E-state index in [-0.39, 0.29) is 6.42 Å². The molecule has 0 aliphatic heterocycles. The third-order valence-electron chi connectivity index (χ3n) is 6.61. The van der Waals surface area contributed by atoms with Crippen molar-refractivity contribution in [2.24, 2.45) is 10.4 Å². The Kier molecular flexibility index (Phi) is 8.25. The SMILES string of the molecule is C=CCC(C#N)(C#N)C(c1ccccc1)C(N=C(c1ccccc1)c1ccccc1)c1ccc(C#N)cc1. The molecule has 0 aliphatic carbocycles. The number of nitrogens with zero attached hydrogens (tertiary/aromatic N) is 4. The fourth-order valence-corrected chi connectivity index (χ4v) is 4.75. The number of aliphatic imine (C=N–C) groups is 1. The van der Waals surface area contributed by atoms with Gasteiger partial charge in [-0.3, -0.25) is 4.99 Å². The molecule has 0 aromatic heterocycles. The highest BCUT2D eigenvalue weighted by Crippen LogP contribution is 2.48. The summed E-state index contributed by atoms with van der Waals surface area (Å²) >= 11 is 0. The van der Waals surface area contributed by atoms with Gasteiger partial charge < -0.3 is 0 Å². The summed E-state index contributed by atoms with van der Waals surface area (Å²) in [6.07, 6.45) is 1.80. The van der Waals surface area contributed by atoms with E-state index >= 15 is 0 Å². The molecule has 0 fully saturated rings.